The van der Waals surface area contributed by atoms with E-state index >= 15 is 0 Å². The van der Waals surface area contributed by atoms with E-state index in [0.717, 1.165) is 25.7 Å². The summed E-state index contributed by atoms with van der Waals surface area (Å²) >= 11 is 0. The minimum atomic E-state index is -0.634. The Bertz CT molecular complexity index is 208. The van der Waals surface area contributed by atoms with Gasteiger partial charge in [-0.05, 0) is 18.8 Å². The van der Waals surface area contributed by atoms with Gasteiger partial charge in [-0.3, -0.25) is 4.79 Å². The number of carbonyl (C=O) groups excluding carboxylic acids is 1. The second-order valence-electron chi connectivity index (χ2n) is 5.16. The van der Waals surface area contributed by atoms with Crippen LogP contribution in [0.3, 0.4) is 0 Å². The molecule has 0 aromatic rings. The van der Waals surface area contributed by atoms with Gasteiger partial charge in [-0.15, -0.1) is 0 Å². The molecule has 1 rings (SSSR count). The predicted octanol–water partition coefficient (Wildman–Crippen LogP) is 1.84. The van der Waals surface area contributed by atoms with Gasteiger partial charge in [0.15, 0.2) is 0 Å². The van der Waals surface area contributed by atoms with Crippen LogP contribution in [0, 0.1) is 5.92 Å². The van der Waals surface area contributed by atoms with Crippen LogP contribution in [0.4, 0.5) is 0 Å². The summed E-state index contributed by atoms with van der Waals surface area (Å²) in [4.78, 5) is 11.4. The quantitative estimate of drug-likeness (QED) is 0.748. The molecule has 3 nitrogen and oxygen atoms in total. The summed E-state index contributed by atoms with van der Waals surface area (Å²) in [5.41, 5.74) is -0.634. The van der Waals surface area contributed by atoms with E-state index in [0.29, 0.717) is 18.9 Å². The summed E-state index contributed by atoms with van der Waals surface area (Å²) in [6, 6.07) is 0. The molecule has 15 heavy (non-hydrogen) atoms. The molecule has 1 saturated carbocycles. The van der Waals surface area contributed by atoms with E-state index in [-0.39, 0.29) is 5.91 Å². The van der Waals surface area contributed by atoms with Gasteiger partial charge in [-0.1, -0.05) is 33.1 Å². The first kappa shape index (κ1) is 12.5. The molecule has 0 bridgehead atoms. The maximum absolute atomic E-state index is 11.4. The molecule has 1 aliphatic rings. The van der Waals surface area contributed by atoms with Crippen LogP contribution in [0.5, 0.6) is 0 Å². The molecule has 0 saturated heterocycles. The van der Waals surface area contributed by atoms with Crippen molar-refractivity contribution in [1.82, 2.24) is 5.32 Å². The molecule has 0 aromatic carbocycles. The summed E-state index contributed by atoms with van der Waals surface area (Å²) < 4.78 is 0. The highest BCUT2D eigenvalue weighted by Crippen LogP contribution is 2.27. The van der Waals surface area contributed by atoms with Crippen molar-refractivity contribution in [1.29, 1.82) is 0 Å². The third-order valence-electron chi connectivity index (χ3n) is 2.99. The highest BCUT2D eigenvalue weighted by molar-refractivity contribution is 5.76. The first-order valence-corrected chi connectivity index (χ1v) is 6.01. The number of rotatable bonds is 4. The Morgan fingerprint density at radius 3 is 2.47 bits per heavy atom. The van der Waals surface area contributed by atoms with E-state index in [2.05, 4.69) is 5.32 Å². The average Bonchev–Trinajstić information content (AvgIpc) is 2.15. The molecule has 3 heteroatoms. The second kappa shape index (κ2) is 5.50. The van der Waals surface area contributed by atoms with Crippen LogP contribution in [-0.2, 0) is 4.79 Å². The fraction of sp³-hybridized carbons (Fsp3) is 0.917. The molecule has 1 amide bonds. The van der Waals surface area contributed by atoms with Crippen molar-refractivity contribution in [3.8, 4) is 0 Å². The molecular weight excluding hydrogens is 190 g/mol. The fourth-order valence-corrected chi connectivity index (χ4v) is 2.09. The molecule has 88 valence electrons. The van der Waals surface area contributed by atoms with Gasteiger partial charge >= 0.3 is 0 Å². The lowest BCUT2D eigenvalue weighted by Gasteiger charge is -2.32. The van der Waals surface area contributed by atoms with Crippen molar-refractivity contribution in [2.24, 2.45) is 5.92 Å². The molecule has 0 atom stereocenters. The van der Waals surface area contributed by atoms with Gasteiger partial charge in [0.2, 0.25) is 5.91 Å². The Balaban J connectivity index is 2.25. The Morgan fingerprint density at radius 2 is 1.93 bits per heavy atom. The highest BCUT2D eigenvalue weighted by atomic mass is 16.3. The summed E-state index contributed by atoms with van der Waals surface area (Å²) in [6.45, 7) is 4.47. The van der Waals surface area contributed by atoms with Gasteiger partial charge in [0.05, 0.1) is 5.60 Å². The number of hydrogen-bond acceptors (Lipinski definition) is 2. The first-order chi connectivity index (χ1) is 7.02. The number of carbonyl (C=O) groups is 1. The first-order valence-electron chi connectivity index (χ1n) is 6.01. The normalized spacial score (nSPS) is 20.3. The SMILES string of the molecule is CC(C)CC(=O)NCC1(O)CCCCC1. The topological polar surface area (TPSA) is 49.3 Å². The van der Waals surface area contributed by atoms with E-state index in [9.17, 15) is 9.90 Å². The molecule has 1 fully saturated rings. The number of hydrogen-bond donors (Lipinski definition) is 2. The molecule has 0 spiro atoms. The van der Waals surface area contributed by atoms with Crippen molar-refractivity contribution in [3.63, 3.8) is 0 Å². The molecule has 0 radical (unpaired) electrons. The zero-order valence-electron chi connectivity index (χ0n) is 9.88. The van der Waals surface area contributed by atoms with Gasteiger partial charge in [0.1, 0.15) is 0 Å². The van der Waals surface area contributed by atoms with Crippen LogP contribution >= 0.6 is 0 Å². The van der Waals surface area contributed by atoms with E-state index in [4.69, 9.17) is 0 Å². The van der Waals surface area contributed by atoms with Gasteiger partial charge in [0.25, 0.3) is 0 Å². The molecule has 2 N–H and O–H groups in total. The average molecular weight is 213 g/mol. The zero-order valence-corrected chi connectivity index (χ0v) is 9.88. The third-order valence-corrected chi connectivity index (χ3v) is 2.99. The minimum Gasteiger partial charge on any atom is -0.388 e. The molecule has 0 aromatic heterocycles. The molecule has 0 heterocycles. The van der Waals surface area contributed by atoms with Crippen LogP contribution in [0.25, 0.3) is 0 Å². The second-order valence-corrected chi connectivity index (χ2v) is 5.16. The summed E-state index contributed by atoms with van der Waals surface area (Å²) in [7, 11) is 0. The lowest BCUT2D eigenvalue weighted by Crippen LogP contribution is -2.44. The Morgan fingerprint density at radius 1 is 1.33 bits per heavy atom. The van der Waals surface area contributed by atoms with Crippen molar-refractivity contribution < 1.29 is 9.90 Å². The van der Waals surface area contributed by atoms with Crippen LogP contribution in [0.2, 0.25) is 0 Å². The van der Waals surface area contributed by atoms with Crippen molar-refractivity contribution in [3.05, 3.63) is 0 Å². The van der Waals surface area contributed by atoms with Gasteiger partial charge in [0, 0.05) is 13.0 Å². The summed E-state index contributed by atoms with van der Waals surface area (Å²) in [5.74, 6) is 0.440. The largest absolute Gasteiger partial charge is 0.388 e. The molecule has 0 aliphatic heterocycles. The van der Waals surface area contributed by atoms with Crippen LogP contribution in [0.1, 0.15) is 52.4 Å². The van der Waals surface area contributed by atoms with Gasteiger partial charge < -0.3 is 10.4 Å². The van der Waals surface area contributed by atoms with Crippen LogP contribution in [-0.4, -0.2) is 23.2 Å². The maximum atomic E-state index is 11.4. The Hall–Kier alpha value is -0.570. The maximum Gasteiger partial charge on any atom is 0.220 e. The molecule has 1 aliphatic carbocycles. The Labute approximate surface area is 92.3 Å². The smallest absolute Gasteiger partial charge is 0.220 e. The summed E-state index contributed by atoms with van der Waals surface area (Å²) in [6.07, 6.45) is 5.58. The van der Waals surface area contributed by atoms with Gasteiger partial charge in [-0.25, -0.2) is 0 Å². The fourth-order valence-electron chi connectivity index (χ4n) is 2.09. The van der Waals surface area contributed by atoms with Crippen molar-refractivity contribution >= 4 is 5.91 Å². The number of amides is 1. The van der Waals surface area contributed by atoms with Crippen LogP contribution in [0.15, 0.2) is 0 Å². The third kappa shape index (κ3) is 4.65. The Kier molecular flexibility index (Phi) is 4.58. The monoisotopic (exact) mass is 213 g/mol. The van der Waals surface area contributed by atoms with E-state index in [1.807, 2.05) is 13.8 Å². The zero-order chi connectivity index (χ0) is 11.3. The molecular formula is C12H23NO2. The van der Waals surface area contributed by atoms with Crippen LogP contribution < -0.4 is 5.32 Å². The predicted molar refractivity (Wildman–Crippen MR) is 60.5 cm³/mol. The number of aliphatic hydroxyl groups is 1. The number of nitrogens with one attached hydrogen (secondary N) is 1. The standard InChI is InChI=1S/C12H23NO2/c1-10(2)8-11(14)13-9-12(15)6-4-3-5-7-12/h10,15H,3-9H2,1-2H3,(H,13,14). The van der Waals surface area contributed by atoms with Gasteiger partial charge in [-0.2, -0.15) is 0 Å². The lowest BCUT2D eigenvalue weighted by molar-refractivity contribution is -0.123. The summed E-state index contributed by atoms with van der Waals surface area (Å²) in [5, 5.41) is 13.0. The molecule has 0 unspecified atom stereocenters. The van der Waals surface area contributed by atoms with E-state index in [1.54, 1.807) is 0 Å². The minimum absolute atomic E-state index is 0.0593. The highest BCUT2D eigenvalue weighted by Gasteiger charge is 2.29. The van der Waals surface area contributed by atoms with Crippen molar-refractivity contribution in [2.75, 3.05) is 6.54 Å². The van der Waals surface area contributed by atoms with E-state index < -0.39 is 5.60 Å². The van der Waals surface area contributed by atoms with E-state index in [1.165, 1.54) is 6.42 Å². The van der Waals surface area contributed by atoms with Crippen molar-refractivity contribution in [2.45, 2.75) is 58.0 Å². The lowest BCUT2D eigenvalue weighted by atomic mass is 9.85.